The molecule has 1 aliphatic rings. The van der Waals surface area contributed by atoms with Crippen molar-refractivity contribution in [2.45, 2.75) is 11.7 Å². The highest BCUT2D eigenvalue weighted by molar-refractivity contribution is 8.12. The van der Waals surface area contributed by atoms with Crippen LogP contribution in [-0.4, -0.2) is 27.4 Å². The second-order valence-corrected chi connectivity index (χ2v) is 6.92. The van der Waals surface area contributed by atoms with E-state index in [4.69, 9.17) is 0 Å². The molecule has 2 atom stereocenters. The average molecular weight is 301 g/mol. The molecular formula is C16H14FN2OS+. The minimum absolute atomic E-state index is 0.106. The van der Waals surface area contributed by atoms with Crippen LogP contribution in [0.2, 0.25) is 0 Å². The van der Waals surface area contributed by atoms with E-state index < -0.39 is 0 Å². The van der Waals surface area contributed by atoms with Gasteiger partial charge in [-0.2, -0.15) is 4.99 Å². The van der Waals surface area contributed by atoms with Crippen LogP contribution in [0.25, 0.3) is 0 Å². The van der Waals surface area contributed by atoms with Crippen LogP contribution >= 0.6 is 0 Å². The fourth-order valence-electron chi connectivity index (χ4n) is 2.29. The first-order valence-electron chi connectivity index (χ1n) is 6.58. The quantitative estimate of drug-likeness (QED) is 0.817. The molecule has 1 aromatic heterocycles. The standard InChI is InChI=1S/C16H14FN2OS/c1-21-14(10-11-5-7-12(17)8-6-11)15(20)19-16(21)13-4-2-3-9-18-13/h2-9,14H,10H2,1H3/q+1. The van der Waals surface area contributed by atoms with Crippen molar-refractivity contribution in [1.29, 1.82) is 0 Å². The minimum Gasteiger partial charge on any atom is -0.267 e. The predicted octanol–water partition coefficient (Wildman–Crippen LogP) is 2.37. The van der Waals surface area contributed by atoms with E-state index in [9.17, 15) is 9.18 Å². The molecule has 2 heterocycles. The summed E-state index contributed by atoms with van der Waals surface area (Å²) >= 11 is 0. The average Bonchev–Trinajstić information content (AvgIpc) is 2.78. The number of carbonyl (C=O) groups excluding carboxylic acids is 1. The number of hydrogen-bond donors (Lipinski definition) is 0. The van der Waals surface area contributed by atoms with Crippen LogP contribution in [-0.2, 0) is 22.1 Å². The summed E-state index contributed by atoms with van der Waals surface area (Å²) in [5, 5.41) is 0.597. The fourth-order valence-corrected chi connectivity index (χ4v) is 4.04. The molecule has 1 aromatic carbocycles. The molecule has 106 valence electrons. The van der Waals surface area contributed by atoms with E-state index in [0.29, 0.717) is 6.42 Å². The SMILES string of the molecule is C[S+]1C(c2ccccn2)=NC(=O)C1Cc1ccc(F)cc1. The van der Waals surface area contributed by atoms with Gasteiger partial charge in [0.05, 0.1) is 10.9 Å². The molecule has 0 aliphatic carbocycles. The molecule has 21 heavy (non-hydrogen) atoms. The Hall–Kier alpha value is -2.01. The molecule has 1 amide bonds. The van der Waals surface area contributed by atoms with Crippen molar-refractivity contribution in [1.82, 2.24) is 4.98 Å². The second kappa shape index (κ2) is 5.77. The molecule has 5 heteroatoms. The van der Waals surface area contributed by atoms with Crippen LogP contribution in [0.1, 0.15) is 11.3 Å². The van der Waals surface area contributed by atoms with Crippen molar-refractivity contribution < 1.29 is 9.18 Å². The maximum absolute atomic E-state index is 12.9. The van der Waals surface area contributed by atoms with Crippen molar-refractivity contribution >= 4 is 21.8 Å². The van der Waals surface area contributed by atoms with Gasteiger partial charge in [-0.25, -0.2) is 9.37 Å². The highest BCUT2D eigenvalue weighted by Crippen LogP contribution is 2.23. The Balaban J connectivity index is 1.80. The van der Waals surface area contributed by atoms with Crippen LogP contribution in [0.3, 0.4) is 0 Å². The number of amides is 1. The molecule has 0 saturated carbocycles. The zero-order valence-corrected chi connectivity index (χ0v) is 12.3. The summed E-state index contributed by atoms with van der Waals surface area (Å²) in [6, 6.07) is 11.9. The summed E-state index contributed by atoms with van der Waals surface area (Å²) in [5.41, 5.74) is 1.71. The Kier molecular flexibility index (Phi) is 3.84. The third-order valence-electron chi connectivity index (χ3n) is 3.44. The van der Waals surface area contributed by atoms with Crippen molar-refractivity contribution in [2.24, 2.45) is 4.99 Å². The Morgan fingerprint density at radius 3 is 2.62 bits per heavy atom. The first-order valence-corrected chi connectivity index (χ1v) is 8.28. The van der Waals surface area contributed by atoms with Crippen molar-refractivity contribution in [2.75, 3.05) is 6.26 Å². The molecule has 3 rings (SSSR count). The third kappa shape index (κ3) is 2.88. The van der Waals surface area contributed by atoms with E-state index in [2.05, 4.69) is 9.98 Å². The number of hydrogen-bond acceptors (Lipinski definition) is 2. The van der Waals surface area contributed by atoms with Gasteiger partial charge in [-0.3, -0.25) is 4.79 Å². The molecule has 3 nitrogen and oxygen atoms in total. The highest BCUT2D eigenvalue weighted by atomic mass is 32.2. The summed E-state index contributed by atoms with van der Waals surface area (Å²) < 4.78 is 12.9. The van der Waals surface area contributed by atoms with E-state index in [0.717, 1.165) is 16.3 Å². The molecule has 2 aromatic rings. The normalized spacial score (nSPS) is 21.4. The lowest BCUT2D eigenvalue weighted by molar-refractivity contribution is -0.117. The summed E-state index contributed by atoms with van der Waals surface area (Å²) in [5.74, 6) is -0.372. The summed E-state index contributed by atoms with van der Waals surface area (Å²) in [6.07, 6.45) is 4.30. The lowest BCUT2D eigenvalue weighted by atomic mass is 10.1. The number of rotatable bonds is 3. The fraction of sp³-hybridized carbons (Fsp3) is 0.188. The Labute approximate surface area is 125 Å². The Bertz CT molecular complexity index is 685. The van der Waals surface area contributed by atoms with Crippen LogP contribution in [0, 0.1) is 5.82 Å². The number of aliphatic imine (C=N–C) groups is 1. The number of carbonyl (C=O) groups is 1. The summed E-state index contributed by atoms with van der Waals surface area (Å²) in [6.45, 7) is 0. The maximum Gasteiger partial charge on any atom is 0.303 e. The molecule has 0 saturated heterocycles. The Morgan fingerprint density at radius 2 is 1.95 bits per heavy atom. The molecule has 2 unspecified atom stereocenters. The maximum atomic E-state index is 12.9. The van der Waals surface area contributed by atoms with Gasteiger partial charge in [-0.15, -0.1) is 0 Å². The number of aromatic nitrogens is 1. The van der Waals surface area contributed by atoms with E-state index in [1.54, 1.807) is 18.3 Å². The lowest BCUT2D eigenvalue weighted by Gasteiger charge is -2.07. The minimum atomic E-state index is -0.291. The van der Waals surface area contributed by atoms with Crippen LogP contribution in [0.15, 0.2) is 53.7 Å². The van der Waals surface area contributed by atoms with Crippen molar-refractivity contribution in [3.05, 3.63) is 65.7 Å². The zero-order valence-electron chi connectivity index (χ0n) is 11.5. The van der Waals surface area contributed by atoms with Gasteiger partial charge in [0, 0.05) is 12.6 Å². The van der Waals surface area contributed by atoms with Gasteiger partial charge in [0.1, 0.15) is 17.8 Å². The number of benzene rings is 1. The van der Waals surface area contributed by atoms with Crippen LogP contribution in [0.5, 0.6) is 0 Å². The molecule has 0 bridgehead atoms. The van der Waals surface area contributed by atoms with Gasteiger partial charge < -0.3 is 0 Å². The first kappa shape index (κ1) is 13.9. The zero-order chi connectivity index (χ0) is 14.8. The van der Waals surface area contributed by atoms with Gasteiger partial charge in [-0.1, -0.05) is 18.2 Å². The van der Waals surface area contributed by atoms with Crippen molar-refractivity contribution in [3.63, 3.8) is 0 Å². The Morgan fingerprint density at radius 1 is 1.19 bits per heavy atom. The van der Waals surface area contributed by atoms with Gasteiger partial charge in [0.25, 0.3) is 5.04 Å². The van der Waals surface area contributed by atoms with Gasteiger partial charge in [0.15, 0.2) is 0 Å². The van der Waals surface area contributed by atoms with Crippen LogP contribution < -0.4 is 0 Å². The topological polar surface area (TPSA) is 42.3 Å². The second-order valence-electron chi connectivity index (χ2n) is 4.85. The van der Waals surface area contributed by atoms with E-state index in [1.807, 2.05) is 24.5 Å². The molecule has 0 radical (unpaired) electrons. The smallest absolute Gasteiger partial charge is 0.267 e. The van der Waals surface area contributed by atoms with E-state index in [-0.39, 0.29) is 27.9 Å². The first-order chi connectivity index (χ1) is 10.1. The van der Waals surface area contributed by atoms with Crippen LogP contribution in [0.4, 0.5) is 4.39 Å². The summed E-state index contributed by atoms with van der Waals surface area (Å²) in [7, 11) is -0.291. The number of halogens is 1. The van der Waals surface area contributed by atoms with Crippen molar-refractivity contribution in [3.8, 4) is 0 Å². The number of nitrogens with zero attached hydrogens (tertiary/aromatic N) is 2. The molecule has 0 fully saturated rings. The van der Waals surface area contributed by atoms with E-state index in [1.165, 1.54) is 12.1 Å². The van der Waals surface area contributed by atoms with E-state index >= 15 is 0 Å². The van der Waals surface area contributed by atoms with Gasteiger partial charge in [-0.05, 0) is 29.8 Å². The third-order valence-corrected chi connectivity index (χ3v) is 5.57. The highest BCUT2D eigenvalue weighted by Gasteiger charge is 2.45. The molecule has 1 aliphatic heterocycles. The summed E-state index contributed by atoms with van der Waals surface area (Å²) in [4.78, 5) is 20.6. The number of pyridine rings is 1. The molecule has 0 N–H and O–H groups in total. The largest absolute Gasteiger partial charge is 0.303 e. The van der Waals surface area contributed by atoms with Gasteiger partial charge in [0.2, 0.25) is 5.25 Å². The molecule has 0 spiro atoms. The molecular weight excluding hydrogens is 287 g/mol. The monoisotopic (exact) mass is 301 g/mol. The lowest BCUT2D eigenvalue weighted by Crippen LogP contribution is -2.29. The predicted molar refractivity (Wildman–Crippen MR) is 83.0 cm³/mol. The van der Waals surface area contributed by atoms with Gasteiger partial charge >= 0.3 is 5.91 Å².